The highest BCUT2D eigenvalue weighted by Crippen LogP contribution is 2.16. The third-order valence-corrected chi connectivity index (χ3v) is 2.47. The summed E-state index contributed by atoms with van der Waals surface area (Å²) in [5, 5.41) is 5.40. The molecule has 19 heavy (non-hydrogen) atoms. The van der Waals surface area contributed by atoms with E-state index in [0.717, 1.165) is 17.8 Å². The molecule has 0 aliphatic rings. The maximum absolute atomic E-state index is 13.2. The molecular formula is C13H13FN4O. The van der Waals surface area contributed by atoms with Gasteiger partial charge in [0, 0.05) is 13.2 Å². The minimum atomic E-state index is -0.563. The van der Waals surface area contributed by atoms with E-state index >= 15 is 0 Å². The molecule has 0 atom stereocenters. The van der Waals surface area contributed by atoms with Gasteiger partial charge in [0.25, 0.3) is 5.91 Å². The largest absolute Gasteiger partial charge is 0.372 e. The van der Waals surface area contributed by atoms with Gasteiger partial charge in [0.1, 0.15) is 11.6 Å². The number of halogens is 1. The Hall–Kier alpha value is -2.50. The molecule has 0 aliphatic carbocycles. The molecule has 2 rings (SSSR count). The van der Waals surface area contributed by atoms with Gasteiger partial charge in [0.2, 0.25) is 0 Å². The number of rotatable bonds is 3. The van der Waals surface area contributed by atoms with Gasteiger partial charge in [0.05, 0.1) is 23.6 Å². The summed E-state index contributed by atoms with van der Waals surface area (Å²) >= 11 is 0. The molecule has 0 radical (unpaired) electrons. The van der Waals surface area contributed by atoms with E-state index in [0.29, 0.717) is 11.5 Å². The molecule has 2 N–H and O–H groups in total. The lowest BCUT2D eigenvalue weighted by molar-refractivity contribution is 0.102. The standard InChI is InChI=1S/C13H13FN4O/c1-8-3-10(7-16-5-8)18-13(19)11-4-9(14)6-17-12(11)15-2/h3-7H,1-2H3,(H,15,17)(H,18,19). The van der Waals surface area contributed by atoms with Crippen molar-refractivity contribution in [2.45, 2.75) is 6.92 Å². The van der Waals surface area contributed by atoms with Gasteiger partial charge in [-0.3, -0.25) is 9.78 Å². The lowest BCUT2D eigenvalue weighted by Crippen LogP contribution is -2.15. The van der Waals surface area contributed by atoms with Crippen LogP contribution in [0.1, 0.15) is 15.9 Å². The fourth-order valence-electron chi connectivity index (χ4n) is 1.63. The first kappa shape index (κ1) is 12.9. The van der Waals surface area contributed by atoms with Crippen LogP contribution in [0.25, 0.3) is 0 Å². The molecule has 98 valence electrons. The fraction of sp³-hybridized carbons (Fsp3) is 0.154. The summed E-state index contributed by atoms with van der Waals surface area (Å²) in [5.74, 6) is -0.685. The Kier molecular flexibility index (Phi) is 3.70. The topological polar surface area (TPSA) is 66.9 Å². The molecule has 0 fully saturated rings. The number of nitrogens with one attached hydrogen (secondary N) is 2. The SMILES string of the molecule is CNc1ncc(F)cc1C(=O)Nc1cncc(C)c1. The maximum atomic E-state index is 13.2. The summed E-state index contributed by atoms with van der Waals surface area (Å²) in [6.45, 7) is 1.87. The number of hydrogen-bond donors (Lipinski definition) is 2. The Morgan fingerprint density at radius 2 is 2.05 bits per heavy atom. The lowest BCUT2D eigenvalue weighted by atomic mass is 10.2. The van der Waals surface area contributed by atoms with Crippen molar-refractivity contribution in [3.63, 3.8) is 0 Å². The Labute approximate surface area is 109 Å². The Morgan fingerprint density at radius 3 is 2.74 bits per heavy atom. The molecule has 0 unspecified atom stereocenters. The monoisotopic (exact) mass is 260 g/mol. The minimum Gasteiger partial charge on any atom is -0.372 e. The van der Waals surface area contributed by atoms with Crippen LogP contribution in [-0.4, -0.2) is 22.9 Å². The molecule has 6 heteroatoms. The molecule has 0 saturated heterocycles. The first-order valence-electron chi connectivity index (χ1n) is 5.66. The third-order valence-electron chi connectivity index (χ3n) is 2.47. The highest BCUT2D eigenvalue weighted by molar-refractivity contribution is 6.07. The van der Waals surface area contributed by atoms with Crippen LogP contribution in [0.15, 0.2) is 30.7 Å². The zero-order valence-corrected chi connectivity index (χ0v) is 10.6. The van der Waals surface area contributed by atoms with E-state index < -0.39 is 11.7 Å². The van der Waals surface area contributed by atoms with Crippen molar-refractivity contribution in [3.8, 4) is 0 Å². The number of pyridine rings is 2. The number of aromatic nitrogens is 2. The number of nitrogens with zero attached hydrogens (tertiary/aromatic N) is 2. The van der Waals surface area contributed by atoms with Crippen LogP contribution in [0, 0.1) is 12.7 Å². The molecule has 0 saturated carbocycles. The van der Waals surface area contributed by atoms with Crippen molar-refractivity contribution in [1.29, 1.82) is 0 Å². The highest BCUT2D eigenvalue weighted by Gasteiger charge is 2.13. The van der Waals surface area contributed by atoms with Gasteiger partial charge in [-0.2, -0.15) is 0 Å². The molecule has 2 aromatic rings. The number of hydrogen-bond acceptors (Lipinski definition) is 4. The van der Waals surface area contributed by atoms with Crippen LogP contribution in [0.2, 0.25) is 0 Å². The Bertz CT molecular complexity index is 615. The summed E-state index contributed by atoms with van der Waals surface area (Å²) in [4.78, 5) is 19.9. The van der Waals surface area contributed by atoms with Crippen molar-refractivity contribution < 1.29 is 9.18 Å². The second-order valence-corrected chi connectivity index (χ2v) is 4.00. The lowest BCUT2D eigenvalue weighted by Gasteiger charge is -2.09. The van der Waals surface area contributed by atoms with Gasteiger partial charge >= 0.3 is 0 Å². The molecule has 5 nitrogen and oxygen atoms in total. The quantitative estimate of drug-likeness (QED) is 0.888. The summed E-state index contributed by atoms with van der Waals surface area (Å²) in [5.41, 5.74) is 1.62. The average molecular weight is 260 g/mol. The summed E-state index contributed by atoms with van der Waals surface area (Å²) < 4.78 is 13.2. The highest BCUT2D eigenvalue weighted by atomic mass is 19.1. The number of amides is 1. The molecule has 0 aromatic carbocycles. The van der Waals surface area contributed by atoms with Crippen LogP contribution in [0.4, 0.5) is 15.9 Å². The predicted octanol–water partition coefficient (Wildman–Crippen LogP) is 2.22. The van der Waals surface area contributed by atoms with Gasteiger partial charge in [0.15, 0.2) is 0 Å². The van der Waals surface area contributed by atoms with Crippen LogP contribution in [0.3, 0.4) is 0 Å². The Morgan fingerprint density at radius 1 is 1.26 bits per heavy atom. The maximum Gasteiger partial charge on any atom is 0.259 e. The van der Waals surface area contributed by atoms with Crippen molar-refractivity contribution in [2.75, 3.05) is 17.7 Å². The van der Waals surface area contributed by atoms with Gasteiger partial charge in [-0.25, -0.2) is 9.37 Å². The average Bonchev–Trinajstić information content (AvgIpc) is 2.38. The fourth-order valence-corrected chi connectivity index (χ4v) is 1.63. The van der Waals surface area contributed by atoms with Gasteiger partial charge < -0.3 is 10.6 Å². The molecular weight excluding hydrogens is 247 g/mol. The molecule has 0 spiro atoms. The van der Waals surface area contributed by atoms with Crippen molar-refractivity contribution in [2.24, 2.45) is 0 Å². The summed E-state index contributed by atoms with van der Waals surface area (Å²) in [6, 6.07) is 2.91. The molecule has 2 aromatic heterocycles. The smallest absolute Gasteiger partial charge is 0.259 e. The first-order chi connectivity index (χ1) is 9.10. The van der Waals surface area contributed by atoms with Crippen molar-refractivity contribution in [1.82, 2.24) is 9.97 Å². The van der Waals surface area contributed by atoms with Crippen LogP contribution >= 0.6 is 0 Å². The van der Waals surface area contributed by atoms with Gasteiger partial charge in [-0.05, 0) is 24.6 Å². The van der Waals surface area contributed by atoms with E-state index in [1.54, 1.807) is 19.3 Å². The minimum absolute atomic E-state index is 0.143. The van der Waals surface area contributed by atoms with E-state index in [9.17, 15) is 9.18 Å². The third kappa shape index (κ3) is 3.04. The number of carbonyl (C=O) groups excluding carboxylic acids is 1. The van der Waals surface area contributed by atoms with E-state index in [4.69, 9.17) is 0 Å². The normalized spacial score (nSPS) is 10.1. The molecule has 0 bridgehead atoms. The van der Waals surface area contributed by atoms with Crippen molar-refractivity contribution >= 4 is 17.4 Å². The van der Waals surface area contributed by atoms with E-state index in [-0.39, 0.29) is 5.56 Å². The van der Waals surface area contributed by atoms with Crippen LogP contribution in [0.5, 0.6) is 0 Å². The summed E-state index contributed by atoms with van der Waals surface area (Å²) in [6.07, 6.45) is 4.26. The van der Waals surface area contributed by atoms with Gasteiger partial charge in [-0.1, -0.05) is 0 Å². The Balaban J connectivity index is 2.27. The second-order valence-electron chi connectivity index (χ2n) is 4.00. The van der Waals surface area contributed by atoms with E-state index in [1.165, 1.54) is 6.20 Å². The van der Waals surface area contributed by atoms with E-state index in [1.807, 2.05) is 6.92 Å². The van der Waals surface area contributed by atoms with Crippen LogP contribution in [-0.2, 0) is 0 Å². The number of carbonyl (C=O) groups is 1. The van der Waals surface area contributed by atoms with Crippen molar-refractivity contribution in [3.05, 3.63) is 47.7 Å². The molecule has 0 aliphatic heterocycles. The zero-order chi connectivity index (χ0) is 13.8. The zero-order valence-electron chi connectivity index (χ0n) is 10.6. The molecule has 1 amide bonds. The molecule has 2 heterocycles. The van der Waals surface area contributed by atoms with Gasteiger partial charge in [-0.15, -0.1) is 0 Å². The number of anilines is 2. The second kappa shape index (κ2) is 5.43. The predicted molar refractivity (Wildman–Crippen MR) is 70.7 cm³/mol. The number of aryl methyl sites for hydroxylation is 1. The van der Waals surface area contributed by atoms with Crippen LogP contribution < -0.4 is 10.6 Å². The van der Waals surface area contributed by atoms with E-state index in [2.05, 4.69) is 20.6 Å². The summed E-state index contributed by atoms with van der Waals surface area (Å²) in [7, 11) is 1.62. The first-order valence-corrected chi connectivity index (χ1v) is 5.66.